The zero-order valence-electron chi connectivity index (χ0n) is 29.7. The molecular weight excluding hydrogens is 704 g/mol. The summed E-state index contributed by atoms with van der Waals surface area (Å²) in [5.74, 6) is -5.40. The van der Waals surface area contributed by atoms with Crippen LogP contribution in [0.15, 0.2) is 109 Å². The van der Waals surface area contributed by atoms with Crippen molar-refractivity contribution in [2.75, 3.05) is 41.5 Å². The largest absolute Gasteiger partial charge is 0.508 e. The number of hydrogen-bond donors (Lipinski definition) is 2. The van der Waals surface area contributed by atoms with Gasteiger partial charge in [-0.1, -0.05) is 71.3 Å². The van der Waals surface area contributed by atoms with Crippen LogP contribution < -0.4 is 15.2 Å². The molecule has 9 rings (SSSR count). The van der Waals surface area contributed by atoms with Crippen molar-refractivity contribution in [2.24, 2.45) is 23.7 Å². The number of fused-ring (bicyclic) bond motifs is 4. The third-order valence-corrected chi connectivity index (χ3v) is 12.4. The Morgan fingerprint density at radius 3 is 2.24 bits per heavy atom. The number of carbonyl (C=O) groups excluding carboxylic acids is 4. The third kappa shape index (κ3) is 5.18. The van der Waals surface area contributed by atoms with Crippen LogP contribution in [0.2, 0.25) is 5.02 Å². The minimum absolute atomic E-state index is 0.0804. The summed E-state index contributed by atoms with van der Waals surface area (Å²) >= 11 is 6.62. The predicted octanol–water partition coefficient (Wildman–Crippen LogP) is 6.38. The Labute approximate surface area is 317 Å². The fourth-order valence-corrected chi connectivity index (χ4v) is 9.92. The van der Waals surface area contributed by atoms with Gasteiger partial charge in [0.25, 0.3) is 11.8 Å². The lowest BCUT2D eigenvalue weighted by molar-refractivity contribution is -0.138. The molecule has 11 heteroatoms. The van der Waals surface area contributed by atoms with Gasteiger partial charge < -0.3 is 14.7 Å². The standard InChI is InChI=1S/C43H39ClN4O6/c1-25-7-10-28(11-8-25)45-48-40(51)35-24-33-31(38(34-23-27(44)9-18-36(34)49)43(35,42(48)53)26-5-3-2-4-6-26)16-17-32-37(33)41(52)47(39(32)50)30-14-12-29(13-15-30)46-19-21-54-22-20-46/h2-16,18,23,32-33,35,37-38,45,49H,17,19-22,24H2,1H3/t32-,33+,35-,37-,38+,43+/m0/s1. The summed E-state index contributed by atoms with van der Waals surface area (Å²) in [7, 11) is 0. The lowest BCUT2D eigenvalue weighted by atomic mass is 9.49. The quantitative estimate of drug-likeness (QED) is 0.173. The number of benzene rings is 4. The SMILES string of the molecule is Cc1ccc(NN2C(=O)[C@@H]3C[C@@H]4C(=CC[C@@H]5C(=O)N(c6ccc(N7CCOCC7)cc6)C(=O)[C@@H]54)[C@H](c4cc(Cl)ccc4O)[C@]3(c3ccccc3)C2=O)cc1. The number of rotatable bonds is 6. The van der Waals surface area contributed by atoms with E-state index in [2.05, 4.69) is 10.3 Å². The maximum Gasteiger partial charge on any atom is 0.260 e. The van der Waals surface area contributed by atoms with Gasteiger partial charge in [-0.3, -0.25) is 29.5 Å². The molecule has 3 aliphatic heterocycles. The number of halogens is 1. The molecule has 274 valence electrons. The van der Waals surface area contributed by atoms with Gasteiger partial charge in [0.15, 0.2) is 0 Å². The first kappa shape index (κ1) is 34.3. The zero-order valence-corrected chi connectivity index (χ0v) is 30.4. The van der Waals surface area contributed by atoms with Crippen LogP contribution in [0.25, 0.3) is 0 Å². The Hall–Kier alpha value is -5.45. The minimum atomic E-state index is -1.51. The van der Waals surface area contributed by atoms with Crippen molar-refractivity contribution in [2.45, 2.75) is 31.1 Å². The average molecular weight is 743 g/mol. The van der Waals surface area contributed by atoms with E-state index >= 15 is 4.79 Å². The Kier molecular flexibility index (Phi) is 8.35. The van der Waals surface area contributed by atoms with Gasteiger partial charge in [-0.25, -0.2) is 0 Å². The number of carbonyl (C=O) groups is 4. The van der Waals surface area contributed by atoms with Crippen molar-refractivity contribution < 1.29 is 29.0 Å². The van der Waals surface area contributed by atoms with E-state index in [0.29, 0.717) is 40.7 Å². The van der Waals surface area contributed by atoms with E-state index in [1.807, 2.05) is 91.9 Å². The molecule has 6 atom stereocenters. The maximum atomic E-state index is 15.3. The molecule has 0 radical (unpaired) electrons. The molecule has 0 unspecified atom stereocenters. The minimum Gasteiger partial charge on any atom is -0.508 e. The van der Waals surface area contributed by atoms with E-state index in [1.165, 1.54) is 11.0 Å². The molecule has 5 aliphatic rings. The average Bonchev–Trinajstić information content (AvgIpc) is 3.58. The van der Waals surface area contributed by atoms with Gasteiger partial charge in [0.2, 0.25) is 11.8 Å². The van der Waals surface area contributed by atoms with Crippen LogP contribution in [-0.2, 0) is 29.3 Å². The van der Waals surface area contributed by atoms with Crippen molar-refractivity contribution in [3.8, 4) is 5.75 Å². The van der Waals surface area contributed by atoms with E-state index in [1.54, 1.807) is 12.1 Å². The number of phenolic OH excluding ortho intramolecular Hbond substituents is 1. The van der Waals surface area contributed by atoms with Crippen LogP contribution in [0.3, 0.4) is 0 Å². The molecule has 0 aromatic heterocycles. The summed E-state index contributed by atoms with van der Waals surface area (Å²) in [5, 5.41) is 13.0. The lowest BCUT2D eigenvalue weighted by Crippen LogP contribution is -2.53. The highest BCUT2D eigenvalue weighted by atomic mass is 35.5. The molecule has 0 bridgehead atoms. The molecule has 2 aliphatic carbocycles. The number of amides is 4. The number of nitrogens with zero attached hydrogens (tertiary/aromatic N) is 3. The molecule has 54 heavy (non-hydrogen) atoms. The second-order valence-electron chi connectivity index (χ2n) is 14.9. The van der Waals surface area contributed by atoms with Crippen LogP contribution in [0.4, 0.5) is 17.1 Å². The van der Waals surface area contributed by atoms with Gasteiger partial charge in [-0.15, -0.1) is 0 Å². The highest BCUT2D eigenvalue weighted by Crippen LogP contribution is 2.65. The number of aryl methyl sites for hydroxylation is 1. The van der Waals surface area contributed by atoms with Gasteiger partial charge in [0, 0.05) is 35.3 Å². The van der Waals surface area contributed by atoms with Crippen molar-refractivity contribution in [1.29, 1.82) is 0 Å². The topological polar surface area (TPSA) is 119 Å². The van der Waals surface area contributed by atoms with Crippen LogP contribution in [-0.4, -0.2) is 60.0 Å². The first-order valence-corrected chi connectivity index (χ1v) is 18.8. The van der Waals surface area contributed by atoms with Gasteiger partial charge >= 0.3 is 0 Å². The van der Waals surface area contributed by atoms with Crippen molar-refractivity contribution in [3.63, 3.8) is 0 Å². The number of morpholine rings is 1. The first-order chi connectivity index (χ1) is 26.2. The van der Waals surface area contributed by atoms with Crippen LogP contribution >= 0.6 is 11.6 Å². The summed E-state index contributed by atoms with van der Waals surface area (Å²) in [6.07, 6.45) is 2.39. The van der Waals surface area contributed by atoms with E-state index in [9.17, 15) is 19.5 Å². The highest BCUT2D eigenvalue weighted by Gasteiger charge is 2.70. The fourth-order valence-electron chi connectivity index (χ4n) is 9.74. The number of imide groups is 2. The van der Waals surface area contributed by atoms with Gasteiger partial charge in [0.05, 0.1) is 47.8 Å². The number of hydrazine groups is 1. The van der Waals surface area contributed by atoms with Crippen LogP contribution in [0, 0.1) is 30.6 Å². The molecule has 2 N–H and O–H groups in total. The molecule has 3 heterocycles. The Balaban J connectivity index is 1.16. The number of nitrogens with one attached hydrogen (secondary N) is 1. The van der Waals surface area contributed by atoms with E-state index < -0.39 is 46.8 Å². The number of aromatic hydroxyl groups is 1. The number of phenols is 1. The van der Waals surface area contributed by atoms with Gasteiger partial charge in [0.1, 0.15) is 5.75 Å². The molecule has 0 spiro atoms. The maximum absolute atomic E-state index is 15.3. The molecular formula is C43H39ClN4O6. The molecule has 4 amide bonds. The van der Waals surface area contributed by atoms with Crippen molar-refractivity contribution >= 4 is 52.3 Å². The molecule has 3 saturated heterocycles. The summed E-state index contributed by atoms with van der Waals surface area (Å²) < 4.78 is 5.50. The van der Waals surface area contributed by atoms with E-state index in [-0.39, 0.29) is 30.4 Å². The number of hydrogen-bond acceptors (Lipinski definition) is 8. The molecule has 4 aromatic carbocycles. The van der Waals surface area contributed by atoms with Gasteiger partial charge in [-0.05, 0) is 85.8 Å². The normalized spacial score (nSPS) is 27.8. The monoisotopic (exact) mass is 742 g/mol. The molecule has 4 aromatic rings. The van der Waals surface area contributed by atoms with Crippen LogP contribution in [0.5, 0.6) is 5.75 Å². The smallest absolute Gasteiger partial charge is 0.260 e. The Morgan fingerprint density at radius 2 is 1.52 bits per heavy atom. The van der Waals surface area contributed by atoms with E-state index in [4.69, 9.17) is 16.3 Å². The number of allylic oxidation sites excluding steroid dienone is 2. The van der Waals surface area contributed by atoms with Crippen molar-refractivity contribution in [1.82, 2.24) is 5.01 Å². The second-order valence-corrected chi connectivity index (χ2v) is 15.4. The number of anilines is 3. The summed E-state index contributed by atoms with van der Waals surface area (Å²) in [5.41, 5.74) is 6.42. The third-order valence-electron chi connectivity index (χ3n) is 12.2. The Morgan fingerprint density at radius 1 is 0.815 bits per heavy atom. The highest BCUT2D eigenvalue weighted by molar-refractivity contribution is 6.30. The Bertz CT molecular complexity index is 2200. The lowest BCUT2D eigenvalue weighted by Gasteiger charge is -2.50. The molecule has 10 nitrogen and oxygen atoms in total. The van der Waals surface area contributed by atoms with Crippen LogP contribution in [0.1, 0.15) is 35.4 Å². The van der Waals surface area contributed by atoms with Gasteiger partial charge in [-0.2, -0.15) is 5.01 Å². The zero-order chi connectivity index (χ0) is 37.3. The van der Waals surface area contributed by atoms with E-state index in [0.717, 1.165) is 34.9 Å². The summed E-state index contributed by atoms with van der Waals surface area (Å²) in [6, 6.07) is 28.8. The number of ether oxygens (including phenoxy) is 1. The predicted molar refractivity (Wildman–Crippen MR) is 204 cm³/mol. The fraction of sp³-hybridized carbons (Fsp3) is 0.302. The van der Waals surface area contributed by atoms with Crippen molar-refractivity contribution in [3.05, 3.63) is 130 Å². The summed E-state index contributed by atoms with van der Waals surface area (Å²) in [6.45, 7) is 4.75. The second kappa shape index (κ2) is 13.1. The summed E-state index contributed by atoms with van der Waals surface area (Å²) in [4.78, 5) is 62.5. The first-order valence-electron chi connectivity index (χ1n) is 18.4. The molecule has 1 saturated carbocycles. The molecule has 4 fully saturated rings.